The Bertz CT molecular complexity index is 640. The molecule has 2 aromatic rings. The Morgan fingerprint density at radius 1 is 1.25 bits per heavy atom. The minimum absolute atomic E-state index is 0.168. The normalized spacial score (nSPS) is 10.2. The van der Waals surface area contributed by atoms with E-state index in [2.05, 4.69) is 15.6 Å². The molecule has 8 heteroatoms. The van der Waals surface area contributed by atoms with Crippen LogP contribution in [-0.4, -0.2) is 34.6 Å². The molecular formula is C16H21N5O3. The first-order chi connectivity index (χ1) is 11.6. The molecule has 0 saturated heterocycles. The fraction of sp³-hybridized carbons (Fsp3) is 0.312. The Hall–Kier alpha value is -3.03. The number of carbonyl (C=O) groups excluding carboxylic acids is 2. The van der Waals surface area contributed by atoms with Gasteiger partial charge in [-0.3, -0.25) is 4.79 Å². The number of rotatable bonds is 9. The zero-order valence-corrected chi connectivity index (χ0v) is 13.3. The molecule has 2 rings (SSSR count). The molecule has 0 atom stereocenters. The molecule has 0 aliphatic carbocycles. The monoisotopic (exact) mass is 331 g/mol. The summed E-state index contributed by atoms with van der Waals surface area (Å²) in [6.07, 6.45) is 6.33. The largest absolute Gasteiger partial charge is 0.493 e. The first kappa shape index (κ1) is 17.3. The van der Waals surface area contributed by atoms with Gasteiger partial charge >= 0.3 is 6.03 Å². The van der Waals surface area contributed by atoms with E-state index in [4.69, 9.17) is 10.5 Å². The van der Waals surface area contributed by atoms with Crippen molar-refractivity contribution in [2.75, 3.05) is 18.5 Å². The van der Waals surface area contributed by atoms with Gasteiger partial charge in [0.1, 0.15) is 5.75 Å². The van der Waals surface area contributed by atoms with Gasteiger partial charge in [0.2, 0.25) is 5.91 Å². The Balaban J connectivity index is 1.64. The summed E-state index contributed by atoms with van der Waals surface area (Å²) < 4.78 is 7.31. The molecule has 0 aliphatic heterocycles. The van der Waals surface area contributed by atoms with Crippen molar-refractivity contribution in [3.63, 3.8) is 0 Å². The Kier molecular flexibility index (Phi) is 6.63. The van der Waals surface area contributed by atoms with E-state index in [1.54, 1.807) is 36.8 Å². The van der Waals surface area contributed by atoms with E-state index >= 15 is 0 Å². The van der Waals surface area contributed by atoms with Crippen LogP contribution in [0.5, 0.6) is 5.75 Å². The standard InChI is InChI=1S/C16H21N5O3/c17-15(22)6-11-24-14-4-2-13(3-5-14)20-16(23)19-7-1-9-21-10-8-18-12-21/h2-5,8,10,12H,1,6-7,9,11H2,(H2,17,22)(H2,19,20,23). The number of nitrogens with two attached hydrogens (primary N) is 1. The lowest BCUT2D eigenvalue weighted by Gasteiger charge is -2.09. The molecule has 0 radical (unpaired) electrons. The van der Waals surface area contributed by atoms with Gasteiger partial charge in [0, 0.05) is 31.2 Å². The third-order valence-corrected chi connectivity index (χ3v) is 3.17. The molecule has 3 amide bonds. The number of nitrogens with one attached hydrogen (secondary N) is 2. The van der Waals surface area contributed by atoms with Crippen LogP contribution in [-0.2, 0) is 11.3 Å². The van der Waals surface area contributed by atoms with Crippen molar-refractivity contribution in [2.45, 2.75) is 19.4 Å². The summed E-state index contributed by atoms with van der Waals surface area (Å²) in [4.78, 5) is 26.4. The lowest BCUT2D eigenvalue weighted by atomic mass is 10.3. The second-order valence-corrected chi connectivity index (χ2v) is 5.12. The van der Waals surface area contributed by atoms with Crippen molar-refractivity contribution in [2.24, 2.45) is 5.73 Å². The number of primary amides is 1. The van der Waals surface area contributed by atoms with Crippen molar-refractivity contribution in [1.29, 1.82) is 0 Å². The SMILES string of the molecule is NC(=O)CCOc1ccc(NC(=O)NCCCn2ccnc2)cc1. The molecule has 4 N–H and O–H groups in total. The molecule has 8 nitrogen and oxygen atoms in total. The molecule has 0 bridgehead atoms. The third-order valence-electron chi connectivity index (χ3n) is 3.17. The number of carbonyl (C=O) groups is 2. The quantitative estimate of drug-likeness (QED) is 0.602. The average molecular weight is 331 g/mol. The van der Waals surface area contributed by atoms with Gasteiger partial charge in [-0.1, -0.05) is 0 Å². The maximum atomic E-state index is 11.8. The minimum Gasteiger partial charge on any atom is -0.493 e. The van der Waals surface area contributed by atoms with Gasteiger partial charge in [0.05, 0.1) is 19.4 Å². The predicted octanol–water partition coefficient (Wildman–Crippen LogP) is 1.35. The van der Waals surface area contributed by atoms with Crippen LogP contribution in [0.3, 0.4) is 0 Å². The summed E-state index contributed by atoms with van der Waals surface area (Å²) in [6, 6.07) is 6.63. The van der Waals surface area contributed by atoms with E-state index in [9.17, 15) is 9.59 Å². The van der Waals surface area contributed by atoms with Crippen LogP contribution >= 0.6 is 0 Å². The maximum absolute atomic E-state index is 11.8. The van der Waals surface area contributed by atoms with Gasteiger partial charge in [-0.25, -0.2) is 9.78 Å². The highest BCUT2D eigenvalue weighted by atomic mass is 16.5. The smallest absolute Gasteiger partial charge is 0.319 e. The number of ether oxygens (including phenoxy) is 1. The number of imidazole rings is 1. The van der Waals surface area contributed by atoms with E-state index in [-0.39, 0.29) is 19.1 Å². The van der Waals surface area contributed by atoms with Crippen LogP contribution in [0, 0.1) is 0 Å². The average Bonchev–Trinajstić information content (AvgIpc) is 3.06. The van der Waals surface area contributed by atoms with Crippen molar-refractivity contribution >= 4 is 17.6 Å². The van der Waals surface area contributed by atoms with E-state index < -0.39 is 5.91 Å². The Morgan fingerprint density at radius 3 is 2.71 bits per heavy atom. The van der Waals surface area contributed by atoms with Gasteiger partial charge in [0.25, 0.3) is 0 Å². The van der Waals surface area contributed by atoms with Gasteiger partial charge in [-0.05, 0) is 30.7 Å². The zero-order chi connectivity index (χ0) is 17.2. The number of anilines is 1. The van der Waals surface area contributed by atoms with E-state index in [0.717, 1.165) is 13.0 Å². The summed E-state index contributed by atoms with van der Waals surface area (Å²) in [5.41, 5.74) is 5.69. The summed E-state index contributed by atoms with van der Waals surface area (Å²) in [6.45, 7) is 1.61. The summed E-state index contributed by atoms with van der Waals surface area (Å²) >= 11 is 0. The van der Waals surface area contributed by atoms with Crippen LogP contribution < -0.4 is 21.1 Å². The molecule has 0 unspecified atom stereocenters. The molecule has 0 aliphatic rings. The van der Waals surface area contributed by atoms with Gasteiger partial charge < -0.3 is 25.7 Å². The number of aryl methyl sites for hydroxylation is 1. The van der Waals surface area contributed by atoms with Crippen molar-refractivity contribution < 1.29 is 14.3 Å². The van der Waals surface area contributed by atoms with Crippen molar-refractivity contribution in [3.05, 3.63) is 43.0 Å². The second kappa shape index (κ2) is 9.19. The molecule has 0 saturated carbocycles. The molecule has 0 fully saturated rings. The predicted molar refractivity (Wildman–Crippen MR) is 89.6 cm³/mol. The third kappa shape index (κ3) is 6.39. The minimum atomic E-state index is -0.405. The van der Waals surface area contributed by atoms with Gasteiger partial charge in [0.15, 0.2) is 0 Å². The molecule has 24 heavy (non-hydrogen) atoms. The molecule has 1 heterocycles. The maximum Gasteiger partial charge on any atom is 0.319 e. The lowest BCUT2D eigenvalue weighted by molar-refractivity contribution is -0.118. The van der Waals surface area contributed by atoms with E-state index in [1.165, 1.54) is 0 Å². The first-order valence-electron chi connectivity index (χ1n) is 7.65. The van der Waals surface area contributed by atoms with Crippen LogP contribution in [0.25, 0.3) is 0 Å². The number of aromatic nitrogens is 2. The zero-order valence-electron chi connectivity index (χ0n) is 13.3. The van der Waals surface area contributed by atoms with E-state index in [0.29, 0.717) is 18.0 Å². The van der Waals surface area contributed by atoms with Crippen molar-refractivity contribution in [1.82, 2.24) is 14.9 Å². The second-order valence-electron chi connectivity index (χ2n) is 5.12. The molecule has 0 spiro atoms. The number of amides is 3. The Labute approximate surface area is 140 Å². The van der Waals surface area contributed by atoms with Crippen LogP contribution in [0.15, 0.2) is 43.0 Å². The molecule has 128 valence electrons. The summed E-state index contributed by atoms with van der Waals surface area (Å²) in [5.74, 6) is 0.209. The van der Waals surface area contributed by atoms with E-state index in [1.807, 2.05) is 10.8 Å². The Morgan fingerprint density at radius 2 is 2.04 bits per heavy atom. The van der Waals surface area contributed by atoms with Crippen LogP contribution in [0.4, 0.5) is 10.5 Å². The summed E-state index contributed by atoms with van der Waals surface area (Å²) in [7, 11) is 0. The summed E-state index contributed by atoms with van der Waals surface area (Å²) in [5, 5.41) is 5.53. The number of nitrogens with zero attached hydrogens (tertiary/aromatic N) is 2. The number of hydrogen-bond donors (Lipinski definition) is 3. The lowest BCUT2D eigenvalue weighted by Crippen LogP contribution is -2.30. The fourth-order valence-corrected chi connectivity index (χ4v) is 1.96. The molecule has 1 aromatic heterocycles. The highest BCUT2D eigenvalue weighted by molar-refractivity contribution is 5.89. The van der Waals surface area contributed by atoms with Crippen LogP contribution in [0.1, 0.15) is 12.8 Å². The highest BCUT2D eigenvalue weighted by Crippen LogP contribution is 2.15. The fourth-order valence-electron chi connectivity index (χ4n) is 1.96. The topological polar surface area (TPSA) is 111 Å². The number of hydrogen-bond acceptors (Lipinski definition) is 4. The van der Waals surface area contributed by atoms with Crippen LogP contribution in [0.2, 0.25) is 0 Å². The first-order valence-corrected chi connectivity index (χ1v) is 7.65. The van der Waals surface area contributed by atoms with Crippen molar-refractivity contribution in [3.8, 4) is 5.75 Å². The number of benzene rings is 1. The van der Waals surface area contributed by atoms with Gasteiger partial charge in [-0.2, -0.15) is 0 Å². The molecule has 1 aromatic carbocycles. The van der Waals surface area contributed by atoms with Gasteiger partial charge in [-0.15, -0.1) is 0 Å². The molecular weight excluding hydrogens is 310 g/mol. The number of urea groups is 1. The highest BCUT2D eigenvalue weighted by Gasteiger charge is 2.02.